The molecule has 0 radical (unpaired) electrons. The van der Waals surface area contributed by atoms with E-state index in [1.165, 1.54) is 45.6 Å². The molecule has 0 aromatic carbocycles. The van der Waals surface area contributed by atoms with Crippen molar-refractivity contribution < 1.29 is 95.2 Å². The van der Waals surface area contributed by atoms with Crippen molar-refractivity contribution in [2.24, 2.45) is 0 Å². The molecule has 0 bridgehead atoms. The minimum absolute atomic E-state index is 0.00453. The van der Waals surface area contributed by atoms with Gasteiger partial charge in [-0.2, -0.15) is 8.62 Å². The number of carboxylic acid groups (broad SMARTS) is 2. The molecule has 11 N–H and O–H groups in total. The number of nitrogen functional groups attached to an aromatic ring is 1. The number of carboxylic acids is 2. The minimum atomic E-state index is -5.76. The van der Waals surface area contributed by atoms with Crippen molar-refractivity contribution in [3.8, 4) is 11.8 Å². The van der Waals surface area contributed by atoms with Crippen molar-refractivity contribution in [3.63, 3.8) is 0 Å². The summed E-state index contributed by atoms with van der Waals surface area (Å²) < 4.78 is 53.8. The molecule has 2 amide bonds. The van der Waals surface area contributed by atoms with Gasteiger partial charge in [0.25, 0.3) is 0 Å². The first-order valence-corrected chi connectivity index (χ1v) is 26.4. The number of ketones is 2. The van der Waals surface area contributed by atoms with E-state index in [2.05, 4.69) is 45.6 Å². The van der Waals surface area contributed by atoms with Gasteiger partial charge in [-0.3, -0.25) is 28.5 Å². The van der Waals surface area contributed by atoms with Crippen LogP contribution in [0.15, 0.2) is 12.5 Å². The number of phosphoric ester groups is 1. The zero-order valence-electron chi connectivity index (χ0n) is 34.5. The predicted molar refractivity (Wildman–Crippen MR) is 229 cm³/mol. The number of rotatable bonds is 29. The average Bonchev–Trinajstić information content (AvgIpc) is 3.74. The van der Waals surface area contributed by atoms with Crippen LogP contribution in [0, 0.1) is 11.8 Å². The number of aliphatic hydroxyl groups excluding tert-OH is 1. The Hall–Kier alpha value is -3.77. The molecule has 0 aliphatic carbocycles. The molecule has 1 aliphatic rings. The number of hydrogen-bond acceptors (Lipinski definition) is 19. The normalized spacial score (nSPS) is 19.0. The Morgan fingerprint density at radius 1 is 0.938 bits per heavy atom. The smallest absolute Gasteiger partial charge is 0.481 e. The van der Waals surface area contributed by atoms with Crippen molar-refractivity contribution in [1.82, 2.24) is 25.2 Å². The van der Waals surface area contributed by atoms with Crippen LogP contribution in [0.2, 0.25) is 0 Å². The quantitative estimate of drug-likeness (QED) is 0.0241. The molecular weight excluding hydrogens is 969 g/mol. The average molecular weight is 1020 g/mol. The number of aliphatic carboxylic acids is 2. The van der Waals surface area contributed by atoms with E-state index in [1.807, 2.05) is 0 Å². The number of unbranched alkanes of at least 4 members (excludes halogenated alkanes) is 3. The van der Waals surface area contributed by atoms with E-state index in [9.17, 15) is 57.4 Å². The maximum absolute atomic E-state index is 12.9. The molecule has 3 heterocycles. The van der Waals surface area contributed by atoms with Gasteiger partial charge in [0, 0.05) is 63.2 Å². The fourth-order valence-electron chi connectivity index (χ4n) is 5.96. The van der Waals surface area contributed by atoms with E-state index in [1.54, 1.807) is 0 Å². The highest BCUT2D eigenvalue weighted by Crippen LogP contribution is 2.66. The van der Waals surface area contributed by atoms with Gasteiger partial charge in [0.15, 0.2) is 5.78 Å². The number of aliphatic hydroxyl groups is 1. The second kappa shape index (κ2) is 26.0. The van der Waals surface area contributed by atoms with Crippen LogP contribution in [0.5, 0.6) is 0 Å². The number of fused-ring (bicyclic) bond motifs is 1. The first-order chi connectivity index (χ1) is 30.4. The summed E-state index contributed by atoms with van der Waals surface area (Å²) in [6.07, 6.45) is 0.906. The Balaban J connectivity index is 1.43. The number of carbonyl (C=O) groups is 6. The van der Waals surface area contributed by atoms with Crippen LogP contribution in [-0.4, -0.2) is 127 Å². The number of ether oxygens (including phenoxy) is 1. The van der Waals surface area contributed by atoms with Gasteiger partial charge in [-0.15, -0.1) is 0 Å². The van der Waals surface area contributed by atoms with Crippen LogP contribution >= 0.6 is 45.1 Å². The van der Waals surface area contributed by atoms with E-state index >= 15 is 0 Å². The lowest BCUT2D eigenvalue weighted by molar-refractivity contribution is -0.147. The van der Waals surface area contributed by atoms with Gasteiger partial charge in [0.1, 0.15) is 41.9 Å². The summed E-state index contributed by atoms with van der Waals surface area (Å²) in [6.45, 7) is 0.408. The lowest BCUT2D eigenvalue weighted by Gasteiger charge is -2.19. The Kier molecular flexibility index (Phi) is 22.2. The minimum Gasteiger partial charge on any atom is -0.481 e. The first kappa shape index (κ1) is 55.6. The third-order valence-electron chi connectivity index (χ3n) is 8.86. The van der Waals surface area contributed by atoms with Crippen molar-refractivity contribution in [2.45, 2.75) is 108 Å². The fraction of sp³-hybridized carbons (Fsp3) is 0.588. The molecule has 7 atom stereocenters. The lowest BCUT2D eigenvalue weighted by atomic mass is 10.0. The van der Waals surface area contributed by atoms with Crippen LogP contribution in [0.3, 0.4) is 0 Å². The van der Waals surface area contributed by atoms with E-state index < -0.39 is 84.9 Å². The number of phosphoric acid groups is 3. The molecule has 3 rings (SSSR count). The standard InChI is InChI=1S/C34H49N6O20P3S2/c1-20(41)38-24(25(43)10-4-2-3-5-11-28(45)39-23(34(48)49)14-30(46)47)18-65-64-13-12-22(42)9-7-6-8-21-16-40(33-31(21)32(35)36-19-37-33)29-15-26(44)27(58-29)17-57-62(53,54)60-63(55,56)59-61(50,51)52/h16,19,23-24,26-27,29,44H,2-5,7,9-15,17-18H2,1H3,(H,38,41)(H,39,45)(H,46,47)(H,48,49)(H,53,54)(H,55,56)(H2,35,36,37)(H2,50,51,52). The molecule has 7 unspecified atom stereocenters. The van der Waals surface area contributed by atoms with Gasteiger partial charge in [-0.1, -0.05) is 46.3 Å². The van der Waals surface area contributed by atoms with Crippen LogP contribution in [0.1, 0.15) is 89.3 Å². The van der Waals surface area contributed by atoms with E-state index in [4.69, 9.17) is 30.5 Å². The third kappa shape index (κ3) is 20.3. The topological polar surface area (TPSA) is 413 Å². The molecule has 2 aromatic heterocycles. The Morgan fingerprint density at radius 3 is 2.28 bits per heavy atom. The summed E-state index contributed by atoms with van der Waals surface area (Å²) in [5.41, 5.74) is 6.71. The molecule has 65 heavy (non-hydrogen) atoms. The van der Waals surface area contributed by atoms with Gasteiger partial charge in [-0.05, 0) is 12.8 Å². The number of amides is 2. The number of nitrogens with two attached hydrogens (primary N) is 1. The molecule has 26 nitrogen and oxygen atoms in total. The zero-order valence-corrected chi connectivity index (χ0v) is 38.8. The fourth-order valence-corrected chi connectivity index (χ4v) is 11.2. The highest BCUT2D eigenvalue weighted by molar-refractivity contribution is 8.76. The monoisotopic (exact) mass is 1020 g/mol. The number of nitrogens with one attached hydrogen (secondary N) is 2. The number of hydrogen-bond donors (Lipinski definition) is 10. The molecule has 0 spiro atoms. The van der Waals surface area contributed by atoms with Crippen molar-refractivity contribution in [3.05, 3.63) is 18.1 Å². The Bertz CT molecular complexity index is 2250. The van der Waals surface area contributed by atoms with Gasteiger partial charge < -0.3 is 60.6 Å². The molecular formula is C34H49N6O20P3S2. The van der Waals surface area contributed by atoms with E-state index in [0.29, 0.717) is 42.4 Å². The summed E-state index contributed by atoms with van der Waals surface area (Å²) in [7, 11) is -14.2. The Labute approximate surface area is 378 Å². The molecule has 2 aromatic rings. The second-order valence-electron chi connectivity index (χ2n) is 14.1. The number of anilines is 1. The van der Waals surface area contributed by atoms with Gasteiger partial charge in [0.05, 0.1) is 36.1 Å². The summed E-state index contributed by atoms with van der Waals surface area (Å²) in [6, 6.07) is -2.27. The summed E-state index contributed by atoms with van der Waals surface area (Å²) in [5, 5.41) is 33.6. The maximum atomic E-state index is 12.9. The third-order valence-corrected chi connectivity index (χ3v) is 15.1. The van der Waals surface area contributed by atoms with Crippen LogP contribution in [0.4, 0.5) is 5.82 Å². The van der Waals surface area contributed by atoms with Crippen LogP contribution in [0.25, 0.3) is 11.0 Å². The SMILES string of the molecule is CC(=O)NC(CSSCCC(=O)CCC#Cc1cn(C2CC(O)C(COP(=O)(O)OP(=O)(O)OP(=O)(O)O)O2)c2ncnc(N)c12)C(=O)CCCCCCC(=O)NC(CC(=O)O)C(=O)O. The van der Waals surface area contributed by atoms with Crippen LogP contribution < -0.4 is 16.4 Å². The number of nitrogens with zero attached hydrogens (tertiary/aromatic N) is 3. The number of aromatic nitrogens is 3. The van der Waals surface area contributed by atoms with Gasteiger partial charge in [0.2, 0.25) is 11.8 Å². The Morgan fingerprint density at radius 2 is 1.63 bits per heavy atom. The molecule has 1 fully saturated rings. The van der Waals surface area contributed by atoms with Crippen molar-refractivity contribution in [1.29, 1.82) is 0 Å². The lowest BCUT2D eigenvalue weighted by Crippen LogP contribution is -2.42. The second-order valence-corrected chi connectivity index (χ2v) is 21.2. The van der Waals surface area contributed by atoms with Crippen LogP contribution in [-0.2, 0) is 60.3 Å². The van der Waals surface area contributed by atoms with E-state index in [0.717, 1.165) is 0 Å². The van der Waals surface area contributed by atoms with Gasteiger partial charge in [-0.25, -0.2) is 28.5 Å². The maximum Gasteiger partial charge on any atom is 0.490 e. The largest absolute Gasteiger partial charge is 0.490 e. The predicted octanol–water partition coefficient (Wildman–Crippen LogP) is 1.94. The summed E-state index contributed by atoms with van der Waals surface area (Å²) >= 11 is 0. The highest BCUT2D eigenvalue weighted by atomic mass is 33.1. The molecule has 1 aliphatic heterocycles. The molecule has 362 valence electrons. The summed E-state index contributed by atoms with van der Waals surface area (Å²) in [4.78, 5) is 116. The van der Waals surface area contributed by atoms with E-state index in [-0.39, 0.29) is 73.2 Å². The number of Topliss-reactive ketones (excluding diaryl/α,β-unsaturated/α-hetero) is 2. The first-order valence-electron chi connectivity index (χ1n) is 19.4. The summed E-state index contributed by atoms with van der Waals surface area (Å²) in [5.74, 6) is 2.55. The molecule has 1 saturated heterocycles. The highest BCUT2D eigenvalue weighted by Gasteiger charge is 2.43. The van der Waals surface area contributed by atoms with Crippen molar-refractivity contribution >= 4 is 97.2 Å². The number of carbonyl (C=O) groups excluding carboxylic acids is 4. The van der Waals surface area contributed by atoms with Gasteiger partial charge >= 0.3 is 35.4 Å². The molecule has 0 saturated carbocycles. The van der Waals surface area contributed by atoms with Crippen molar-refractivity contribution in [2.75, 3.05) is 23.8 Å². The zero-order chi connectivity index (χ0) is 48.5. The molecule has 31 heteroatoms.